The number of aromatic nitrogens is 5. The maximum Gasteiger partial charge on any atom is 0.261 e. The lowest BCUT2D eigenvalue weighted by molar-refractivity contribution is 0.0949. The van der Waals surface area contributed by atoms with E-state index in [9.17, 15) is 9.18 Å². The van der Waals surface area contributed by atoms with Gasteiger partial charge in [0.2, 0.25) is 0 Å². The highest BCUT2D eigenvalue weighted by Crippen LogP contribution is 2.39. The summed E-state index contributed by atoms with van der Waals surface area (Å²) >= 11 is 5.98. The molecule has 0 radical (unpaired) electrons. The summed E-state index contributed by atoms with van der Waals surface area (Å²) < 4.78 is 20.5. The molecule has 1 aliphatic carbocycles. The summed E-state index contributed by atoms with van der Waals surface area (Å²) in [7, 11) is 0. The van der Waals surface area contributed by atoms with Crippen molar-refractivity contribution in [1.29, 1.82) is 0 Å². The van der Waals surface area contributed by atoms with E-state index in [0.29, 0.717) is 34.7 Å². The van der Waals surface area contributed by atoms with E-state index in [-0.39, 0.29) is 17.1 Å². The Kier molecular flexibility index (Phi) is 4.24. The second-order valence-corrected chi connectivity index (χ2v) is 7.18. The van der Waals surface area contributed by atoms with Crippen molar-refractivity contribution in [2.75, 3.05) is 0 Å². The van der Waals surface area contributed by atoms with Crippen molar-refractivity contribution in [3.05, 3.63) is 64.6 Å². The number of fused-ring (bicyclic) bond motifs is 1. The highest BCUT2D eigenvalue weighted by molar-refractivity contribution is 6.33. The average molecular weight is 413 g/mol. The smallest absolute Gasteiger partial charge is 0.261 e. The number of carbonyl (C=O) groups is 1. The molecule has 1 aromatic carbocycles. The number of nitrogens with one attached hydrogen (secondary N) is 1. The lowest BCUT2D eigenvalue weighted by Crippen LogP contribution is -2.24. The largest absolute Gasteiger partial charge is 0.345 e. The molecule has 0 aliphatic heterocycles. The molecule has 10 heteroatoms. The molecule has 1 fully saturated rings. The molecule has 0 unspecified atom stereocenters. The van der Waals surface area contributed by atoms with E-state index in [2.05, 4.69) is 25.7 Å². The van der Waals surface area contributed by atoms with Crippen molar-refractivity contribution in [2.24, 2.45) is 0 Å². The van der Waals surface area contributed by atoms with Crippen molar-refractivity contribution < 1.29 is 13.7 Å². The van der Waals surface area contributed by atoms with Gasteiger partial charge in [-0.2, -0.15) is 4.98 Å². The van der Waals surface area contributed by atoms with Crippen LogP contribution in [0, 0.1) is 5.82 Å². The van der Waals surface area contributed by atoms with E-state index in [1.54, 1.807) is 16.7 Å². The fourth-order valence-electron chi connectivity index (χ4n) is 3.03. The van der Waals surface area contributed by atoms with Gasteiger partial charge in [-0.1, -0.05) is 16.8 Å². The Hall–Kier alpha value is -3.33. The van der Waals surface area contributed by atoms with Gasteiger partial charge in [0.05, 0.1) is 22.7 Å². The van der Waals surface area contributed by atoms with Crippen LogP contribution in [-0.2, 0) is 6.54 Å². The SMILES string of the molecule is O=C(NCc1nnc2c(-c3nc(C4CC4)no3)cccn12)c1cc(F)ccc1Cl. The van der Waals surface area contributed by atoms with Crippen molar-refractivity contribution in [2.45, 2.75) is 25.3 Å². The van der Waals surface area contributed by atoms with Crippen LogP contribution in [0.5, 0.6) is 0 Å². The Balaban J connectivity index is 1.40. The summed E-state index contributed by atoms with van der Waals surface area (Å²) in [6, 6.07) is 7.25. The predicted molar refractivity (Wildman–Crippen MR) is 101 cm³/mol. The van der Waals surface area contributed by atoms with E-state index in [1.807, 2.05) is 6.07 Å². The molecular weight excluding hydrogens is 399 g/mol. The van der Waals surface area contributed by atoms with Crippen LogP contribution in [-0.4, -0.2) is 30.6 Å². The third kappa shape index (κ3) is 3.33. The quantitative estimate of drug-likeness (QED) is 0.539. The third-order valence-corrected chi connectivity index (χ3v) is 5.03. The van der Waals surface area contributed by atoms with Gasteiger partial charge in [0.1, 0.15) is 5.82 Å². The maximum atomic E-state index is 13.4. The molecular formula is C19H14ClFN6O2. The first-order valence-corrected chi connectivity index (χ1v) is 9.38. The van der Waals surface area contributed by atoms with Crippen LogP contribution in [0.1, 0.15) is 40.8 Å². The molecule has 29 heavy (non-hydrogen) atoms. The summed E-state index contributed by atoms with van der Waals surface area (Å²) in [4.78, 5) is 16.8. The van der Waals surface area contributed by atoms with Crippen LogP contribution in [0.25, 0.3) is 17.1 Å². The van der Waals surface area contributed by atoms with Gasteiger partial charge in [0.15, 0.2) is 17.3 Å². The standard InChI is InChI=1S/C19H14ClFN6O2/c20-14-6-5-11(21)8-13(14)18(28)22-9-15-24-25-17-12(2-1-7-27(15)17)19-23-16(26-29-19)10-3-4-10/h1-2,5-8,10H,3-4,9H2,(H,22,28). The molecule has 1 N–H and O–H groups in total. The van der Waals surface area contributed by atoms with Crippen LogP contribution >= 0.6 is 11.6 Å². The zero-order chi connectivity index (χ0) is 20.0. The minimum Gasteiger partial charge on any atom is -0.345 e. The van der Waals surface area contributed by atoms with Crippen molar-refractivity contribution >= 4 is 23.2 Å². The number of rotatable bonds is 5. The van der Waals surface area contributed by atoms with Gasteiger partial charge in [-0.15, -0.1) is 10.2 Å². The minimum absolute atomic E-state index is 0.0552. The van der Waals surface area contributed by atoms with Gasteiger partial charge in [-0.05, 0) is 43.2 Å². The van der Waals surface area contributed by atoms with Gasteiger partial charge < -0.3 is 9.84 Å². The number of halogens is 2. The number of pyridine rings is 1. The topological polar surface area (TPSA) is 98.2 Å². The van der Waals surface area contributed by atoms with E-state index in [4.69, 9.17) is 16.1 Å². The lowest BCUT2D eigenvalue weighted by atomic mass is 10.2. The molecule has 1 amide bonds. The molecule has 0 atom stereocenters. The van der Waals surface area contributed by atoms with Crippen LogP contribution < -0.4 is 5.32 Å². The predicted octanol–water partition coefficient (Wildman–Crippen LogP) is 3.38. The lowest BCUT2D eigenvalue weighted by Gasteiger charge is -2.06. The zero-order valence-corrected chi connectivity index (χ0v) is 15.7. The normalized spacial score (nSPS) is 13.7. The molecule has 1 saturated carbocycles. The van der Waals surface area contributed by atoms with Crippen LogP contribution in [0.2, 0.25) is 5.02 Å². The van der Waals surface area contributed by atoms with Crippen LogP contribution in [0.4, 0.5) is 4.39 Å². The van der Waals surface area contributed by atoms with Gasteiger partial charge in [0, 0.05) is 12.1 Å². The van der Waals surface area contributed by atoms with E-state index < -0.39 is 11.7 Å². The van der Waals surface area contributed by atoms with Crippen molar-refractivity contribution in [3.8, 4) is 11.5 Å². The Bertz CT molecular complexity index is 1230. The number of nitrogens with zero attached hydrogens (tertiary/aromatic N) is 5. The fourth-order valence-corrected chi connectivity index (χ4v) is 3.23. The molecule has 5 rings (SSSR count). The molecule has 0 saturated heterocycles. The molecule has 4 aromatic rings. The Labute approximate surface area is 168 Å². The molecule has 3 heterocycles. The molecule has 8 nitrogen and oxygen atoms in total. The van der Waals surface area contributed by atoms with E-state index in [0.717, 1.165) is 18.9 Å². The second kappa shape index (κ2) is 6.93. The Morgan fingerprint density at radius 2 is 2.17 bits per heavy atom. The summed E-state index contributed by atoms with van der Waals surface area (Å²) in [6.45, 7) is 0.0768. The minimum atomic E-state index is -0.540. The number of hydrogen-bond acceptors (Lipinski definition) is 6. The van der Waals surface area contributed by atoms with Gasteiger partial charge in [0.25, 0.3) is 11.8 Å². The van der Waals surface area contributed by atoms with Crippen LogP contribution in [0.15, 0.2) is 41.1 Å². The maximum absolute atomic E-state index is 13.4. The molecule has 146 valence electrons. The first-order valence-electron chi connectivity index (χ1n) is 9.00. The number of carbonyl (C=O) groups excluding carboxylic acids is 1. The first kappa shape index (κ1) is 17.7. The zero-order valence-electron chi connectivity index (χ0n) is 15.0. The molecule has 1 aliphatic rings. The van der Waals surface area contributed by atoms with Gasteiger partial charge >= 0.3 is 0 Å². The summed E-state index contributed by atoms with van der Waals surface area (Å²) in [5.74, 6) is 0.916. The number of amides is 1. The summed E-state index contributed by atoms with van der Waals surface area (Å²) in [5, 5.41) is 15.2. The highest BCUT2D eigenvalue weighted by atomic mass is 35.5. The first-order chi connectivity index (χ1) is 14.1. The fraction of sp³-hybridized carbons (Fsp3) is 0.211. The second-order valence-electron chi connectivity index (χ2n) is 6.77. The monoisotopic (exact) mass is 412 g/mol. The highest BCUT2D eigenvalue weighted by Gasteiger charge is 2.29. The molecule has 0 bridgehead atoms. The van der Waals surface area contributed by atoms with Crippen molar-refractivity contribution in [3.63, 3.8) is 0 Å². The van der Waals surface area contributed by atoms with Gasteiger partial charge in [-0.25, -0.2) is 4.39 Å². The van der Waals surface area contributed by atoms with E-state index in [1.165, 1.54) is 12.1 Å². The summed E-state index contributed by atoms with van der Waals surface area (Å²) in [5.41, 5.74) is 1.25. The molecule has 3 aromatic heterocycles. The van der Waals surface area contributed by atoms with Crippen molar-refractivity contribution in [1.82, 2.24) is 30.1 Å². The summed E-state index contributed by atoms with van der Waals surface area (Å²) in [6.07, 6.45) is 3.92. The molecule has 0 spiro atoms. The van der Waals surface area contributed by atoms with Gasteiger partial charge in [-0.3, -0.25) is 9.20 Å². The van der Waals surface area contributed by atoms with E-state index >= 15 is 0 Å². The Morgan fingerprint density at radius 1 is 1.31 bits per heavy atom. The average Bonchev–Trinajstić information content (AvgIpc) is 3.31. The number of hydrogen-bond donors (Lipinski definition) is 1. The third-order valence-electron chi connectivity index (χ3n) is 4.70. The van der Waals surface area contributed by atoms with Crippen LogP contribution in [0.3, 0.4) is 0 Å². The number of benzene rings is 1. The Morgan fingerprint density at radius 3 is 3.00 bits per heavy atom.